The highest BCUT2D eigenvalue weighted by atomic mass is 79.9. The van der Waals surface area contributed by atoms with Crippen molar-refractivity contribution in [2.45, 2.75) is 32.4 Å². The third-order valence-corrected chi connectivity index (χ3v) is 7.80. The number of carbonyl (C=O) groups excluding carboxylic acids is 2. The number of anilines is 1. The molecular weight excluding hydrogens is 590 g/mol. The minimum absolute atomic E-state index is 0.107. The average molecular weight is 621 g/mol. The number of carbonyl (C=O) groups is 2. The average Bonchev–Trinajstić information content (AvgIpc) is 2.88. The number of para-hydroxylation sites is 1. The molecule has 0 bridgehead atoms. The fourth-order valence-corrected chi connectivity index (χ4v) is 5.60. The molecule has 0 radical (unpaired) electrons. The molecule has 0 aliphatic rings. The Balaban J connectivity index is 2.05. The number of sulfonamides is 1. The zero-order valence-corrected chi connectivity index (χ0v) is 24.5. The van der Waals surface area contributed by atoms with Gasteiger partial charge in [0.15, 0.2) is 0 Å². The molecule has 3 aromatic carbocycles. The molecule has 1 atom stereocenters. The summed E-state index contributed by atoms with van der Waals surface area (Å²) >= 11 is 9.78. The number of hydrogen-bond donors (Lipinski definition) is 1. The van der Waals surface area contributed by atoms with E-state index in [0.29, 0.717) is 6.54 Å². The lowest BCUT2D eigenvalue weighted by atomic mass is 10.0. The number of rotatable bonds is 12. The van der Waals surface area contributed by atoms with Crippen LogP contribution in [0.2, 0.25) is 5.02 Å². The Labute approximate surface area is 238 Å². The van der Waals surface area contributed by atoms with E-state index in [1.807, 2.05) is 61.5 Å². The van der Waals surface area contributed by atoms with Crippen molar-refractivity contribution >= 4 is 55.1 Å². The van der Waals surface area contributed by atoms with Gasteiger partial charge in [-0.2, -0.15) is 0 Å². The van der Waals surface area contributed by atoms with E-state index in [2.05, 4.69) is 21.2 Å². The maximum Gasteiger partial charge on any atom is 0.244 e. The van der Waals surface area contributed by atoms with Crippen LogP contribution in [0, 0.1) is 0 Å². The van der Waals surface area contributed by atoms with Gasteiger partial charge in [0.25, 0.3) is 0 Å². The Morgan fingerprint density at radius 1 is 0.974 bits per heavy atom. The summed E-state index contributed by atoms with van der Waals surface area (Å²) in [5.41, 5.74) is 1.86. The van der Waals surface area contributed by atoms with E-state index in [4.69, 9.17) is 11.6 Å². The van der Waals surface area contributed by atoms with Crippen molar-refractivity contribution in [3.63, 3.8) is 0 Å². The normalized spacial score (nSPS) is 12.0. The van der Waals surface area contributed by atoms with E-state index < -0.39 is 28.5 Å². The van der Waals surface area contributed by atoms with E-state index in [-0.39, 0.29) is 29.6 Å². The molecule has 7 nitrogen and oxygen atoms in total. The molecule has 0 unspecified atom stereocenters. The third-order valence-electron chi connectivity index (χ3n) is 5.86. The number of nitrogens with zero attached hydrogens (tertiary/aromatic N) is 2. The smallest absolute Gasteiger partial charge is 0.244 e. The fraction of sp³-hybridized carbons (Fsp3) is 0.286. The number of hydrogen-bond acceptors (Lipinski definition) is 4. The first-order valence-electron chi connectivity index (χ1n) is 12.2. The van der Waals surface area contributed by atoms with Crippen molar-refractivity contribution in [1.29, 1.82) is 0 Å². The van der Waals surface area contributed by atoms with Crippen molar-refractivity contribution in [3.8, 4) is 0 Å². The molecule has 0 heterocycles. The summed E-state index contributed by atoms with van der Waals surface area (Å²) in [4.78, 5) is 28.9. The Morgan fingerprint density at radius 3 is 2.26 bits per heavy atom. The molecular formula is C28H31BrClN3O4S. The van der Waals surface area contributed by atoms with E-state index in [9.17, 15) is 18.0 Å². The molecule has 10 heteroatoms. The van der Waals surface area contributed by atoms with Crippen LogP contribution in [0.3, 0.4) is 0 Å². The highest BCUT2D eigenvalue weighted by molar-refractivity contribution is 9.10. The largest absolute Gasteiger partial charge is 0.354 e. The second-order valence-electron chi connectivity index (χ2n) is 8.87. The molecule has 0 spiro atoms. The predicted octanol–water partition coefficient (Wildman–Crippen LogP) is 5.03. The van der Waals surface area contributed by atoms with Gasteiger partial charge >= 0.3 is 0 Å². The number of benzene rings is 3. The molecule has 0 saturated carbocycles. The first kappa shape index (κ1) is 29.7. The van der Waals surface area contributed by atoms with Crippen LogP contribution in [0.1, 0.15) is 24.5 Å². The minimum atomic E-state index is -3.87. The van der Waals surface area contributed by atoms with Gasteiger partial charge in [-0.25, -0.2) is 8.42 Å². The molecule has 3 aromatic rings. The second-order valence-corrected chi connectivity index (χ2v) is 12.1. The van der Waals surface area contributed by atoms with Crippen molar-refractivity contribution in [2.75, 3.05) is 23.7 Å². The summed E-state index contributed by atoms with van der Waals surface area (Å²) in [6.45, 7) is 2.00. The van der Waals surface area contributed by atoms with Gasteiger partial charge in [-0.05, 0) is 41.8 Å². The first-order valence-corrected chi connectivity index (χ1v) is 15.2. The topological polar surface area (TPSA) is 86.8 Å². The fourth-order valence-electron chi connectivity index (χ4n) is 4.00. The highest BCUT2D eigenvalue weighted by Crippen LogP contribution is 2.28. The molecule has 0 aliphatic carbocycles. The highest BCUT2D eigenvalue weighted by Gasteiger charge is 2.33. The van der Waals surface area contributed by atoms with Crippen LogP contribution in [0.4, 0.5) is 5.69 Å². The molecule has 1 N–H and O–H groups in total. The lowest BCUT2D eigenvalue weighted by Crippen LogP contribution is -2.53. The molecule has 202 valence electrons. The summed E-state index contributed by atoms with van der Waals surface area (Å²) < 4.78 is 27.4. The van der Waals surface area contributed by atoms with Crippen LogP contribution in [0.5, 0.6) is 0 Å². The summed E-state index contributed by atoms with van der Waals surface area (Å²) in [6, 6.07) is 22.4. The van der Waals surface area contributed by atoms with Crippen molar-refractivity contribution in [2.24, 2.45) is 0 Å². The summed E-state index contributed by atoms with van der Waals surface area (Å²) in [6.07, 6.45) is 2.02. The Kier molecular flexibility index (Phi) is 10.8. The zero-order valence-electron chi connectivity index (χ0n) is 21.3. The zero-order chi connectivity index (χ0) is 27.7. The van der Waals surface area contributed by atoms with Crippen LogP contribution in [0.25, 0.3) is 0 Å². The second kappa shape index (κ2) is 13.8. The summed E-state index contributed by atoms with van der Waals surface area (Å²) in [7, 11) is -3.87. The maximum absolute atomic E-state index is 14.0. The van der Waals surface area contributed by atoms with Gasteiger partial charge < -0.3 is 10.2 Å². The van der Waals surface area contributed by atoms with Crippen molar-refractivity contribution < 1.29 is 18.0 Å². The van der Waals surface area contributed by atoms with E-state index >= 15 is 0 Å². The van der Waals surface area contributed by atoms with E-state index in [0.717, 1.165) is 32.6 Å². The number of nitrogens with one attached hydrogen (secondary N) is 1. The van der Waals surface area contributed by atoms with Crippen LogP contribution in [-0.4, -0.2) is 50.5 Å². The maximum atomic E-state index is 14.0. The predicted molar refractivity (Wildman–Crippen MR) is 156 cm³/mol. The Bertz CT molecular complexity index is 1350. The van der Waals surface area contributed by atoms with Crippen molar-refractivity contribution in [3.05, 3.63) is 99.5 Å². The van der Waals surface area contributed by atoms with Crippen LogP contribution in [-0.2, 0) is 32.6 Å². The van der Waals surface area contributed by atoms with Gasteiger partial charge in [0.1, 0.15) is 12.6 Å². The van der Waals surface area contributed by atoms with E-state index in [1.54, 1.807) is 24.3 Å². The molecule has 0 aliphatic heterocycles. The monoisotopic (exact) mass is 619 g/mol. The van der Waals surface area contributed by atoms with Gasteiger partial charge in [-0.15, -0.1) is 0 Å². The van der Waals surface area contributed by atoms with Crippen LogP contribution < -0.4 is 9.62 Å². The molecule has 3 rings (SSSR count). The third kappa shape index (κ3) is 8.31. The van der Waals surface area contributed by atoms with Crippen molar-refractivity contribution in [1.82, 2.24) is 10.2 Å². The quantitative estimate of drug-likeness (QED) is 0.308. The summed E-state index contributed by atoms with van der Waals surface area (Å²) in [5.74, 6) is -0.828. The van der Waals surface area contributed by atoms with Crippen LogP contribution >= 0.6 is 27.5 Å². The number of amides is 2. The Morgan fingerprint density at radius 2 is 1.63 bits per heavy atom. The number of halogens is 2. The first-order chi connectivity index (χ1) is 18.1. The molecule has 38 heavy (non-hydrogen) atoms. The van der Waals surface area contributed by atoms with E-state index in [1.165, 1.54) is 4.90 Å². The summed E-state index contributed by atoms with van der Waals surface area (Å²) in [5, 5.41) is 3.11. The molecule has 0 aromatic heterocycles. The molecule has 2 amide bonds. The van der Waals surface area contributed by atoms with Gasteiger partial charge in [0.05, 0.1) is 17.0 Å². The van der Waals surface area contributed by atoms with Crippen LogP contribution in [0.15, 0.2) is 83.3 Å². The van der Waals surface area contributed by atoms with Gasteiger partial charge in [-0.1, -0.05) is 89.1 Å². The van der Waals surface area contributed by atoms with Gasteiger partial charge in [-0.3, -0.25) is 13.9 Å². The SMILES string of the molecule is CCCNC(=O)[C@@H](Cc1ccccc1)N(Cc1cccc(Br)c1)C(=O)CN(c1ccccc1Cl)S(C)(=O)=O. The van der Waals surface area contributed by atoms with Gasteiger partial charge in [0.2, 0.25) is 21.8 Å². The van der Waals surface area contributed by atoms with Gasteiger partial charge in [0, 0.05) is 24.0 Å². The minimum Gasteiger partial charge on any atom is -0.354 e. The Hall–Kier alpha value is -2.88. The molecule has 0 saturated heterocycles. The molecule has 0 fully saturated rings. The lowest BCUT2D eigenvalue weighted by Gasteiger charge is -2.33. The lowest BCUT2D eigenvalue weighted by molar-refractivity contribution is -0.140. The standard InChI is InChI=1S/C28H31BrClN3O4S/c1-3-16-31-28(35)26(18-21-10-5-4-6-11-21)32(19-22-12-9-13-23(29)17-22)27(34)20-33(38(2,36)37)25-15-8-7-14-24(25)30/h4-15,17,26H,3,16,18-20H2,1-2H3,(H,31,35)/t26-/m1/s1.